The molecule has 1 aromatic rings. The van der Waals surface area contributed by atoms with Crippen LogP contribution >= 0.6 is 0 Å². The predicted molar refractivity (Wildman–Crippen MR) is 81.6 cm³/mol. The summed E-state index contributed by atoms with van der Waals surface area (Å²) in [6.45, 7) is 2.23. The van der Waals surface area contributed by atoms with Gasteiger partial charge in [0.15, 0.2) is 0 Å². The molecule has 2 nitrogen and oxygen atoms in total. The summed E-state index contributed by atoms with van der Waals surface area (Å²) in [5.74, 6) is 6.49. The van der Waals surface area contributed by atoms with Crippen LogP contribution in [0.2, 0.25) is 0 Å². The third kappa shape index (κ3) is 4.75. The summed E-state index contributed by atoms with van der Waals surface area (Å²) in [5.41, 5.74) is 0.352. The molecule has 2 rings (SSSR count). The number of hydrogen-bond donors (Lipinski definition) is 1. The fourth-order valence-corrected chi connectivity index (χ4v) is 2.73. The molecule has 21 heavy (non-hydrogen) atoms. The average molecular weight is 290 g/mol. The third-order valence-corrected chi connectivity index (χ3v) is 4.07. The first kappa shape index (κ1) is 15.9. The largest absolute Gasteiger partial charge is 0.490 e. The molecule has 3 heteroatoms. The number of halogens is 1. The number of aliphatic hydroxyl groups is 1. The Labute approximate surface area is 126 Å². The molecule has 1 N–H and O–H groups in total. The normalized spacial score (nSPS) is 21.5. The van der Waals surface area contributed by atoms with Gasteiger partial charge in [0.2, 0.25) is 0 Å². The maximum atomic E-state index is 13.9. The molecule has 1 aliphatic carbocycles. The highest BCUT2D eigenvalue weighted by molar-refractivity contribution is 5.39. The summed E-state index contributed by atoms with van der Waals surface area (Å²) >= 11 is 0. The van der Waals surface area contributed by atoms with E-state index in [-0.39, 0.29) is 18.5 Å². The molecule has 114 valence electrons. The Kier molecular flexibility index (Phi) is 6.07. The summed E-state index contributed by atoms with van der Waals surface area (Å²) in [5, 5.41) is 8.66. The van der Waals surface area contributed by atoms with E-state index in [1.54, 1.807) is 12.1 Å². The van der Waals surface area contributed by atoms with Gasteiger partial charge < -0.3 is 9.84 Å². The van der Waals surface area contributed by atoms with Crippen LogP contribution in [0.15, 0.2) is 18.2 Å². The van der Waals surface area contributed by atoms with Gasteiger partial charge in [0.1, 0.15) is 11.6 Å². The van der Waals surface area contributed by atoms with Crippen molar-refractivity contribution < 1.29 is 14.2 Å². The Morgan fingerprint density at radius 3 is 2.67 bits per heavy atom. The van der Waals surface area contributed by atoms with Crippen molar-refractivity contribution in [2.45, 2.75) is 51.6 Å². The zero-order valence-electron chi connectivity index (χ0n) is 12.6. The van der Waals surface area contributed by atoms with Crippen molar-refractivity contribution in [2.75, 3.05) is 6.61 Å². The molecule has 0 atom stereocenters. The second-order valence-electron chi connectivity index (χ2n) is 5.59. The molecule has 1 saturated carbocycles. The Hall–Kier alpha value is -1.53. The zero-order chi connectivity index (χ0) is 15.1. The second kappa shape index (κ2) is 8.05. The predicted octanol–water partition coefficient (Wildman–Crippen LogP) is 3.91. The minimum absolute atomic E-state index is 0.00372. The van der Waals surface area contributed by atoms with Crippen LogP contribution in [0, 0.1) is 23.6 Å². The molecule has 1 aromatic carbocycles. The zero-order valence-corrected chi connectivity index (χ0v) is 12.6. The van der Waals surface area contributed by atoms with E-state index in [0.29, 0.717) is 17.7 Å². The summed E-state index contributed by atoms with van der Waals surface area (Å²) < 4.78 is 19.8. The van der Waals surface area contributed by atoms with Crippen molar-refractivity contribution >= 4 is 0 Å². The molecule has 0 aromatic heterocycles. The SMILES string of the molecule is CCC1CCC(Oc2ccc(C#CCCO)c(F)c2)CC1. The lowest BCUT2D eigenvalue weighted by Gasteiger charge is -2.28. The van der Waals surface area contributed by atoms with Crippen LogP contribution in [0.25, 0.3) is 0 Å². The topological polar surface area (TPSA) is 29.5 Å². The van der Waals surface area contributed by atoms with Gasteiger partial charge in [-0.15, -0.1) is 0 Å². The van der Waals surface area contributed by atoms with E-state index < -0.39 is 0 Å². The van der Waals surface area contributed by atoms with Gasteiger partial charge in [0.05, 0.1) is 18.3 Å². The lowest BCUT2D eigenvalue weighted by molar-refractivity contribution is 0.129. The summed E-state index contributed by atoms with van der Waals surface area (Å²) in [4.78, 5) is 0. The fourth-order valence-electron chi connectivity index (χ4n) is 2.73. The van der Waals surface area contributed by atoms with Crippen LogP contribution in [-0.4, -0.2) is 17.8 Å². The Morgan fingerprint density at radius 2 is 2.05 bits per heavy atom. The number of rotatable bonds is 4. The number of hydrogen-bond acceptors (Lipinski definition) is 2. The second-order valence-corrected chi connectivity index (χ2v) is 5.59. The number of aliphatic hydroxyl groups excluding tert-OH is 1. The minimum Gasteiger partial charge on any atom is -0.490 e. The van der Waals surface area contributed by atoms with Gasteiger partial charge in [-0.05, 0) is 43.7 Å². The summed E-state index contributed by atoms with van der Waals surface area (Å²) in [6, 6.07) is 4.83. The first-order valence-corrected chi connectivity index (χ1v) is 7.78. The van der Waals surface area contributed by atoms with Crippen LogP contribution < -0.4 is 4.74 Å². The quantitative estimate of drug-likeness (QED) is 0.852. The van der Waals surface area contributed by atoms with Gasteiger partial charge in [0.25, 0.3) is 0 Å². The number of ether oxygens (including phenoxy) is 1. The third-order valence-electron chi connectivity index (χ3n) is 4.07. The highest BCUT2D eigenvalue weighted by atomic mass is 19.1. The smallest absolute Gasteiger partial charge is 0.142 e. The van der Waals surface area contributed by atoms with Crippen LogP contribution in [0.3, 0.4) is 0 Å². The van der Waals surface area contributed by atoms with E-state index in [4.69, 9.17) is 9.84 Å². The Balaban J connectivity index is 1.93. The van der Waals surface area contributed by atoms with Crippen LogP contribution in [0.1, 0.15) is 51.0 Å². The average Bonchev–Trinajstić information content (AvgIpc) is 2.50. The van der Waals surface area contributed by atoms with E-state index in [9.17, 15) is 4.39 Å². The van der Waals surface area contributed by atoms with Gasteiger partial charge in [-0.25, -0.2) is 4.39 Å². The van der Waals surface area contributed by atoms with Crippen LogP contribution in [0.4, 0.5) is 4.39 Å². The standard InChI is InChI=1S/C18H23FO2/c1-2-14-6-9-16(10-7-14)21-17-11-8-15(18(19)13-17)5-3-4-12-20/h8,11,13-14,16,20H,2,4,6-7,9-10,12H2,1H3. The molecule has 0 spiro atoms. The maximum Gasteiger partial charge on any atom is 0.142 e. The van der Waals surface area contributed by atoms with E-state index in [0.717, 1.165) is 18.8 Å². The molecular formula is C18H23FO2. The fraction of sp³-hybridized carbons (Fsp3) is 0.556. The first-order valence-electron chi connectivity index (χ1n) is 7.78. The summed E-state index contributed by atoms with van der Waals surface area (Å²) in [7, 11) is 0. The Bertz CT molecular complexity index is 508. The molecule has 0 heterocycles. The van der Waals surface area contributed by atoms with Crippen LogP contribution in [-0.2, 0) is 0 Å². The Morgan fingerprint density at radius 1 is 1.29 bits per heavy atom. The van der Waals surface area contributed by atoms with Gasteiger partial charge in [0, 0.05) is 12.5 Å². The molecular weight excluding hydrogens is 267 g/mol. The van der Waals surface area contributed by atoms with Crippen molar-refractivity contribution in [3.8, 4) is 17.6 Å². The molecule has 0 aliphatic heterocycles. The molecule has 1 fully saturated rings. The van der Waals surface area contributed by atoms with Crippen molar-refractivity contribution in [1.29, 1.82) is 0 Å². The molecule has 0 radical (unpaired) electrons. The highest BCUT2D eigenvalue weighted by Crippen LogP contribution is 2.29. The van der Waals surface area contributed by atoms with E-state index in [1.807, 2.05) is 0 Å². The van der Waals surface area contributed by atoms with Crippen molar-refractivity contribution in [3.05, 3.63) is 29.6 Å². The monoisotopic (exact) mass is 290 g/mol. The highest BCUT2D eigenvalue weighted by Gasteiger charge is 2.21. The first-order chi connectivity index (χ1) is 10.2. The van der Waals surface area contributed by atoms with Crippen molar-refractivity contribution in [3.63, 3.8) is 0 Å². The van der Waals surface area contributed by atoms with Gasteiger partial charge in [-0.2, -0.15) is 0 Å². The van der Waals surface area contributed by atoms with Gasteiger partial charge >= 0.3 is 0 Å². The molecule has 1 aliphatic rings. The molecule has 0 amide bonds. The van der Waals surface area contributed by atoms with Crippen molar-refractivity contribution in [1.82, 2.24) is 0 Å². The maximum absolute atomic E-state index is 13.9. The van der Waals surface area contributed by atoms with Gasteiger partial charge in [-0.3, -0.25) is 0 Å². The van der Waals surface area contributed by atoms with Gasteiger partial charge in [-0.1, -0.05) is 25.2 Å². The van der Waals surface area contributed by atoms with Crippen molar-refractivity contribution in [2.24, 2.45) is 5.92 Å². The molecule has 0 bridgehead atoms. The lowest BCUT2D eigenvalue weighted by Crippen LogP contribution is -2.23. The minimum atomic E-state index is -0.361. The lowest BCUT2D eigenvalue weighted by atomic mass is 9.86. The summed E-state index contributed by atoms with van der Waals surface area (Å²) in [6.07, 6.45) is 6.32. The van der Waals surface area contributed by atoms with E-state index in [2.05, 4.69) is 18.8 Å². The molecule has 0 saturated heterocycles. The van der Waals surface area contributed by atoms with E-state index >= 15 is 0 Å². The number of benzene rings is 1. The molecule has 0 unspecified atom stereocenters. The van der Waals surface area contributed by atoms with Crippen LogP contribution in [0.5, 0.6) is 5.75 Å². The van der Waals surface area contributed by atoms with E-state index in [1.165, 1.54) is 25.3 Å².